The first-order chi connectivity index (χ1) is 18.4. The van der Waals surface area contributed by atoms with E-state index in [0.29, 0.717) is 0 Å². The topological polar surface area (TPSA) is 132 Å². The molecule has 208 valence electrons. The Morgan fingerprint density at radius 2 is 1.95 bits per heavy atom. The summed E-state index contributed by atoms with van der Waals surface area (Å²) in [5.41, 5.74) is -0.501. The Labute approximate surface area is 224 Å². The molecule has 2 atom stereocenters. The van der Waals surface area contributed by atoms with Gasteiger partial charge in [-0.1, -0.05) is 0 Å². The first kappa shape index (κ1) is 26.6. The number of pyridine rings is 1. The van der Waals surface area contributed by atoms with Gasteiger partial charge in [0.25, 0.3) is 11.5 Å². The van der Waals surface area contributed by atoms with E-state index in [-0.39, 0.29) is 52.7 Å². The average Bonchev–Trinajstić information content (AvgIpc) is 3.35. The van der Waals surface area contributed by atoms with Gasteiger partial charge in [0.05, 0.1) is 18.3 Å². The van der Waals surface area contributed by atoms with E-state index in [4.69, 9.17) is 9.47 Å². The van der Waals surface area contributed by atoms with Gasteiger partial charge in [-0.2, -0.15) is 9.61 Å². The van der Waals surface area contributed by atoms with Crippen molar-refractivity contribution < 1.29 is 23.5 Å². The van der Waals surface area contributed by atoms with Crippen LogP contribution in [0.25, 0.3) is 5.65 Å². The third-order valence-electron chi connectivity index (χ3n) is 6.77. The van der Waals surface area contributed by atoms with E-state index in [9.17, 15) is 18.8 Å². The van der Waals surface area contributed by atoms with Crippen molar-refractivity contribution >= 4 is 35.0 Å². The van der Waals surface area contributed by atoms with Crippen molar-refractivity contribution in [2.45, 2.75) is 70.0 Å². The summed E-state index contributed by atoms with van der Waals surface area (Å²) in [7, 11) is 3.16. The summed E-state index contributed by atoms with van der Waals surface area (Å²) in [6, 6.07) is 4.40. The molecule has 39 heavy (non-hydrogen) atoms. The lowest BCUT2D eigenvalue weighted by atomic mass is 9.89. The molecule has 3 aromatic heterocycles. The first-order valence-electron chi connectivity index (χ1n) is 12.8. The van der Waals surface area contributed by atoms with Gasteiger partial charge in [-0.3, -0.25) is 14.5 Å². The van der Waals surface area contributed by atoms with Gasteiger partial charge in [-0.15, -0.1) is 0 Å². The predicted octanol–water partition coefficient (Wildman–Crippen LogP) is 3.20. The minimum absolute atomic E-state index is 0.0281. The number of hydrogen-bond acceptors (Lipinski definition) is 8. The van der Waals surface area contributed by atoms with Crippen molar-refractivity contribution in [3.8, 4) is 0 Å². The van der Waals surface area contributed by atoms with Crippen LogP contribution in [-0.4, -0.2) is 69.2 Å². The highest BCUT2D eigenvalue weighted by molar-refractivity contribution is 6.01. The lowest BCUT2D eigenvalue weighted by Crippen LogP contribution is -2.37. The Bertz CT molecular complexity index is 1470. The molecular weight excluding hydrogens is 509 g/mol. The van der Waals surface area contributed by atoms with Crippen LogP contribution in [0.3, 0.4) is 0 Å². The number of ether oxygens (including phenoxy) is 2. The van der Waals surface area contributed by atoms with E-state index < -0.39 is 29.8 Å². The monoisotopic (exact) mass is 541 g/mol. The molecule has 2 aliphatic rings. The average molecular weight is 542 g/mol. The second kappa shape index (κ2) is 9.95. The fraction of sp³-hybridized carbons (Fsp3) is 0.500. The maximum absolute atomic E-state index is 13.4. The normalized spacial score (nSPS) is 22.2. The Hall–Kier alpha value is -4.00. The lowest BCUT2D eigenvalue weighted by molar-refractivity contribution is 0.00522. The number of anilines is 3. The van der Waals surface area contributed by atoms with Crippen LogP contribution in [0.15, 0.2) is 35.4 Å². The minimum Gasteiger partial charge on any atom is -0.443 e. The number of rotatable bonds is 7. The van der Waals surface area contributed by atoms with Crippen LogP contribution in [-0.2, 0) is 9.47 Å². The summed E-state index contributed by atoms with van der Waals surface area (Å²) in [6.07, 6.45) is 3.17. The van der Waals surface area contributed by atoms with E-state index in [1.807, 2.05) is 0 Å². The molecule has 0 aliphatic heterocycles. The van der Waals surface area contributed by atoms with Crippen molar-refractivity contribution in [3.63, 3.8) is 0 Å². The number of nitrogens with one attached hydrogen (secondary N) is 2. The van der Waals surface area contributed by atoms with Crippen molar-refractivity contribution in [1.82, 2.24) is 24.5 Å². The van der Waals surface area contributed by atoms with E-state index >= 15 is 0 Å². The van der Waals surface area contributed by atoms with Crippen molar-refractivity contribution in [2.24, 2.45) is 0 Å². The number of aromatic nitrogens is 4. The standard InChI is InChI=1S/C26H32FN7O5/c1-26(2,3)39-25(37)32(4)21-12-20(29-18-7-6-8-33(24(18)36)14-9-15(10-14)38-5)31-22-16(13-28-34(21)22)23(35)30-19-11-17(19)27/h6-8,12-15,17,19H,9-11H2,1-5H3,(H,29,31)(H,30,35)/t14-,15-,17-,19+/m0/s1. The maximum Gasteiger partial charge on any atom is 0.415 e. The molecule has 2 aliphatic carbocycles. The zero-order valence-corrected chi connectivity index (χ0v) is 22.5. The smallest absolute Gasteiger partial charge is 0.415 e. The fourth-order valence-corrected chi connectivity index (χ4v) is 4.38. The van der Waals surface area contributed by atoms with E-state index in [1.165, 1.54) is 28.7 Å². The highest BCUT2D eigenvalue weighted by atomic mass is 19.1. The van der Waals surface area contributed by atoms with E-state index in [1.54, 1.807) is 50.8 Å². The number of hydrogen-bond donors (Lipinski definition) is 2. The zero-order chi connectivity index (χ0) is 28.1. The fourth-order valence-electron chi connectivity index (χ4n) is 4.38. The first-order valence-corrected chi connectivity index (χ1v) is 12.8. The summed E-state index contributed by atoms with van der Waals surface area (Å²) in [4.78, 5) is 44.8. The van der Waals surface area contributed by atoms with Gasteiger partial charge in [0.2, 0.25) is 0 Å². The van der Waals surface area contributed by atoms with Crippen LogP contribution in [0.2, 0.25) is 0 Å². The molecule has 13 heteroatoms. The molecule has 0 saturated heterocycles. The Kier molecular flexibility index (Phi) is 6.79. The van der Waals surface area contributed by atoms with Gasteiger partial charge < -0.3 is 24.7 Å². The third-order valence-corrected chi connectivity index (χ3v) is 6.77. The van der Waals surface area contributed by atoms with Gasteiger partial charge >= 0.3 is 6.09 Å². The molecule has 0 unspecified atom stereocenters. The summed E-state index contributed by atoms with van der Waals surface area (Å²) in [5, 5.41) is 9.94. The van der Waals surface area contributed by atoms with Crippen molar-refractivity contribution in [1.29, 1.82) is 0 Å². The maximum atomic E-state index is 13.4. The molecule has 2 saturated carbocycles. The van der Waals surface area contributed by atoms with E-state index in [2.05, 4.69) is 20.7 Å². The van der Waals surface area contributed by atoms with Gasteiger partial charge in [0.1, 0.15) is 34.7 Å². The van der Waals surface area contributed by atoms with Crippen LogP contribution in [0, 0.1) is 0 Å². The third kappa shape index (κ3) is 5.44. The summed E-state index contributed by atoms with van der Waals surface area (Å²) in [6.45, 7) is 5.24. The summed E-state index contributed by atoms with van der Waals surface area (Å²) >= 11 is 0. The molecule has 3 heterocycles. The lowest BCUT2D eigenvalue weighted by Gasteiger charge is -2.35. The number of nitrogens with zero attached hydrogens (tertiary/aromatic N) is 5. The number of fused-ring (bicyclic) bond motifs is 1. The van der Waals surface area contributed by atoms with Crippen LogP contribution >= 0.6 is 0 Å². The highest BCUT2D eigenvalue weighted by Crippen LogP contribution is 2.33. The number of methoxy groups -OCH3 is 1. The largest absolute Gasteiger partial charge is 0.443 e. The molecule has 2 N–H and O–H groups in total. The SMILES string of the molecule is CO[C@H]1C[C@H](n2cccc(Nc3cc(N(C)C(=O)OC(C)(C)C)n4ncc(C(=O)N[C@@H]5C[C@@H]5F)c4n3)c2=O)C1. The second-order valence-corrected chi connectivity index (χ2v) is 10.9. The molecule has 0 spiro atoms. The summed E-state index contributed by atoms with van der Waals surface area (Å²) in [5.74, 6) is -0.0929. The Morgan fingerprint density at radius 1 is 1.23 bits per heavy atom. The molecule has 2 amide bonds. The number of carbonyl (C=O) groups excluding carboxylic acids is 2. The number of alkyl halides is 1. The molecule has 5 rings (SSSR count). The molecule has 2 fully saturated rings. The molecule has 0 radical (unpaired) electrons. The van der Waals surface area contributed by atoms with Gasteiger partial charge in [0, 0.05) is 38.9 Å². The minimum atomic E-state index is -1.08. The molecular formula is C26H32FN7O5. The van der Waals surface area contributed by atoms with Gasteiger partial charge in [0.15, 0.2) is 5.65 Å². The zero-order valence-electron chi connectivity index (χ0n) is 22.5. The molecule has 0 bridgehead atoms. The number of halogens is 1. The van der Waals surface area contributed by atoms with Crippen LogP contribution in [0.1, 0.15) is 56.4 Å². The second-order valence-electron chi connectivity index (χ2n) is 10.9. The highest BCUT2D eigenvalue weighted by Gasteiger charge is 2.39. The van der Waals surface area contributed by atoms with Gasteiger partial charge in [-0.25, -0.2) is 14.2 Å². The van der Waals surface area contributed by atoms with Gasteiger partial charge in [-0.05, 0) is 45.7 Å². The number of carbonyl (C=O) groups is 2. The molecule has 12 nitrogen and oxygen atoms in total. The van der Waals surface area contributed by atoms with Crippen LogP contribution in [0.4, 0.5) is 26.5 Å². The number of amides is 2. The van der Waals surface area contributed by atoms with E-state index in [0.717, 1.165) is 12.8 Å². The van der Waals surface area contributed by atoms with Crippen LogP contribution in [0.5, 0.6) is 0 Å². The predicted molar refractivity (Wildman–Crippen MR) is 141 cm³/mol. The van der Waals surface area contributed by atoms with Crippen molar-refractivity contribution in [2.75, 3.05) is 24.4 Å². The quantitative estimate of drug-likeness (QED) is 0.466. The Morgan fingerprint density at radius 3 is 2.59 bits per heavy atom. The summed E-state index contributed by atoms with van der Waals surface area (Å²) < 4.78 is 27.3. The molecule has 3 aromatic rings. The Balaban J connectivity index is 1.52. The molecule has 0 aromatic carbocycles. The van der Waals surface area contributed by atoms with Crippen LogP contribution < -0.4 is 21.1 Å². The van der Waals surface area contributed by atoms with Crippen molar-refractivity contribution in [3.05, 3.63) is 46.5 Å².